The Morgan fingerprint density at radius 1 is 1.40 bits per heavy atom. The van der Waals surface area contributed by atoms with Crippen LogP contribution in [0.4, 0.5) is 13.2 Å². The summed E-state index contributed by atoms with van der Waals surface area (Å²) < 4.78 is 36.9. The average molecular weight is 219 g/mol. The standard InChI is InChI=1S/C10H12F3NO/c1-2-6-4-3-5-7(8(6)15)9(14)10(11,12)13/h3-5,9,15H,2,14H2,1H3/t9-/m0/s1. The number of hydrogen-bond donors (Lipinski definition) is 2. The number of halogens is 3. The molecule has 0 bridgehead atoms. The van der Waals surface area contributed by atoms with Gasteiger partial charge in [0.2, 0.25) is 0 Å². The van der Waals surface area contributed by atoms with Crippen molar-refractivity contribution in [3.63, 3.8) is 0 Å². The fourth-order valence-corrected chi connectivity index (χ4v) is 1.32. The molecule has 0 aliphatic carbocycles. The maximum atomic E-state index is 12.3. The number of nitrogens with two attached hydrogens (primary N) is 1. The summed E-state index contributed by atoms with van der Waals surface area (Å²) >= 11 is 0. The predicted molar refractivity (Wildman–Crippen MR) is 50.5 cm³/mol. The third kappa shape index (κ3) is 2.41. The number of hydrogen-bond acceptors (Lipinski definition) is 2. The van der Waals surface area contributed by atoms with Gasteiger partial charge in [-0.05, 0) is 12.0 Å². The van der Waals surface area contributed by atoms with E-state index in [0.717, 1.165) is 0 Å². The van der Waals surface area contributed by atoms with Gasteiger partial charge in [0, 0.05) is 5.56 Å². The van der Waals surface area contributed by atoms with E-state index in [2.05, 4.69) is 0 Å². The fourth-order valence-electron chi connectivity index (χ4n) is 1.32. The van der Waals surface area contributed by atoms with Crippen molar-refractivity contribution in [2.75, 3.05) is 0 Å². The molecule has 0 unspecified atom stereocenters. The largest absolute Gasteiger partial charge is 0.507 e. The SMILES string of the molecule is CCc1cccc([C@H](N)C(F)(F)F)c1O. The summed E-state index contributed by atoms with van der Waals surface area (Å²) in [6.07, 6.45) is -4.08. The van der Waals surface area contributed by atoms with Crippen molar-refractivity contribution in [2.24, 2.45) is 5.73 Å². The van der Waals surface area contributed by atoms with E-state index in [4.69, 9.17) is 5.73 Å². The molecule has 1 atom stereocenters. The number of rotatable bonds is 2. The number of aromatic hydroxyl groups is 1. The van der Waals surface area contributed by atoms with Crippen LogP contribution in [0.3, 0.4) is 0 Å². The highest BCUT2D eigenvalue weighted by Gasteiger charge is 2.39. The Bertz CT molecular complexity index is 349. The van der Waals surface area contributed by atoms with E-state index in [1.165, 1.54) is 12.1 Å². The maximum Gasteiger partial charge on any atom is 0.407 e. The van der Waals surface area contributed by atoms with Gasteiger partial charge in [0.25, 0.3) is 0 Å². The number of alkyl halides is 3. The average Bonchev–Trinajstić information content (AvgIpc) is 2.16. The second-order valence-corrected chi connectivity index (χ2v) is 3.23. The van der Waals surface area contributed by atoms with Crippen LogP contribution in [0.15, 0.2) is 18.2 Å². The third-order valence-electron chi connectivity index (χ3n) is 2.22. The molecule has 0 fully saturated rings. The first-order chi connectivity index (χ1) is 6.88. The maximum absolute atomic E-state index is 12.3. The van der Waals surface area contributed by atoms with Crippen LogP contribution < -0.4 is 5.73 Å². The molecule has 0 radical (unpaired) electrons. The third-order valence-corrected chi connectivity index (χ3v) is 2.22. The molecular formula is C10H12F3NO. The molecule has 0 aliphatic rings. The molecule has 5 heteroatoms. The van der Waals surface area contributed by atoms with Gasteiger partial charge in [-0.15, -0.1) is 0 Å². The lowest BCUT2D eigenvalue weighted by molar-refractivity contribution is -0.149. The summed E-state index contributed by atoms with van der Waals surface area (Å²) in [6, 6.07) is 2.08. The van der Waals surface area contributed by atoms with Gasteiger partial charge in [0.05, 0.1) is 0 Å². The molecular weight excluding hydrogens is 207 g/mol. The summed E-state index contributed by atoms with van der Waals surface area (Å²) in [7, 11) is 0. The van der Waals surface area contributed by atoms with Gasteiger partial charge in [0.15, 0.2) is 0 Å². The zero-order valence-electron chi connectivity index (χ0n) is 8.17. The lowest BCUT2D eigenvalue weighted by atomic mass is 10.0. The molecule has 3 N–H and O–H groups in total. The summed E-state index contributed by atoms with van der Waals surface area (Å²) in [5.41, 5.74) is 5.20. The monoisotopic (exact) mass is 219 g/mol. The first kappa shape index (κ1) is 11.8. The Morgan fingerprint density at radius 2 is 2.00 bits per heavy atom. The van der Waals surface area contributed by atoms with Crippen LogP contribution in [0.1, 0.15) is 24.1 Å². The minimum atomic E-state index is -4.54. The number of benzene rings is 1. The van der Waals surface area contributed by atoms with Crippen LogP contribution >= 0.6 is 0 Å². The summed E-state index contributed by atoms with van der Waals surface area (Å²) in [5.74, 6) is -0.357. The number of phenols is 1. The number of aryl methyl sites for hydroxylation is 1. The van der Waals surface area contributed by atoms with Crippen LogP contribution in [0.2, 0.25) is 0 Å². The van der Waals surface area contributed by atoms with Crippen molar-refractivity contribution in [3.05, 3.63) is 29.3 Å². The Labute approximate surface area is 85.5 Å². The second-order valence-electron chi connectivity index (χ2n) is 3.23. The zero-order chi connectivity index (χ0) is 11.6. The van der Waals surface area contributed by atoms with E-state index in [0.29, 0.717) is 12.0 Å². The molecule has 84 valence electrons. The number of phenolic OH excluding ortho intramolecular Hbond substituents is 1. The Balaban J connectivity index is 3.15. The Hall–Kier alpha value is -1.23. The van der Waals surface area contributed by atoms with Crippen LogP contribution in [0.5, 0.6) is 5.75 Å². The summed E-state index contributed by atoms with van der Waals surface area (Å²) in [6.45, 7) is 1.75. The van der Waals surface area contributed by atoms with Crippen LogP contribution in [0, 0.1) is 0 Å². The van der Waals surface area contributed by atoms with Gasteiger partial charge in [0.1, 0.15) is 11.8 Å². The lowest BCUT2D eigenvalue weighted by Crippen LogP contribution is -2.28. The first-order valence-electron chi connectivity index (χ1n) is 4.51. The molecule has 15 heavy (non-hydrogen) atoms. The number of para-hydroxylation sites is 1. The lowest BCUT2D eigenvalue weighted by Gasteiger charge is -2.18. The molecule has 1 rings (SSSR count). The van der Waals surface area contributed by atoms with Crippen LogP contribution in [-0.2, 0) is 6.42 Å². The van der Waals surface area contributed by atoms with Crippen molar-refractivity contribution >= 4 is 0 Å². The normalized spacial score (nSPS) is 13.9. The van der Waals surface area contributed by atoms with E-state index in [9.17, 15) is 18.3 Å². The van der Waals surface area contributed by atoms with Crippen molar-refractivity contribution in [1.82, 2.24) is 0 Å². The van der Waals surface area contributed by atoms with Crippen LogP contribution in [0.25, 0.3) is 0 Å². The molecule has 0 amide bonds. The highest BCUT2D eigenvalue weighted by molar-refractivity contribution is 5.42. The van der Waals surface area contributed by atoms with E-state index in [1.807, 2.05) is 0 Å². The minimum absolute atomic E-state index is 0.276. The van der Waals surface area contributed by atoms with E-state index in [1.54, 1.807) is 13.0 Å². The summed E-state index contributed by atoms with van der Waals surface area (Å²) in [5, 5.41) is 9.54. The predicted octanol–water partition coefficient (Wildman–Crippen LogP) is 2.52. The quantitative estimate of drug-likeness (QED) is 0.802. The van der Waals surface area contributed by atoms with Crippen LogP contribution in [-0.4, -0.2) is 11.3 Å². The van der Waals surface area contributed by atoms with E-state index < -0.39 is 12.2 Å². The Kier molecular flexibility index (Phi) is 3.24. The van der Waals surface area contributed by atoms with Gasteiger partial charge in [-0.25, -0.2) is 0 Å². The first-order valence-corrected chi connectivity index (χ1v) is 4.51. The smallest absolute Gasteiger partial charge is 0.407 e. The van der Waals surface area contributed by atoms with E-state index >= 15 is 0 Å². The van der Waals surface area contributed by atoms with Gasteiger partial charge < -0.3 is 10.8 Å². The molecule has 0 saturated heterocycles. The van der Waals surface area contributed by atoms with Gasteiger partial charge >= 0.3 is 6.18 Å². The van der Waals surface area contributed by atoms with Crippen molar-refractivity contribution in [1.29, 1.82) is 0 Å². The highest BCUT2D eigenvalue weighted by Crippen LogP contribution is 2.36. The fraction of sp³-hybridized carbons (Fsp3) is 0.400. The zero-order valence-corrected chi connectivity index (χ0v) is 8.17. The minimum Gasteiger partial charge on any atom is -0.507 e. The van der Waals surface area contributed by atoms with Gasteiger partial charge in [-0.1, -0.05) is 25.1 Å². The van der Waals surface area contributed by atoms with Crippen molar-refractivity contribution in [3.8, 4) is 5.75 Å². The molecule has 0 spiro atoms. The van der Waals surface area contributed by atoms with Crippen molar-refractivity contribution in [2.45, 2.75) is 25.6 Å². The summed E-state index contributed by atoms with van der Waals surface area (Å²) in [4.78, 5) is 0. The molecule has 0 saturated carbocycles. The molecule has 2 nitrogen and oxygen atoms in total. The van der Waals surface area contributed by atoms with E-state index in [-0.39, 0.29) is 11.3 Å². The van der Waals surface area contributed by atoms with Gasteiger partial charge in [-0.3, -0.25) is 0 Å². The Morgan fingerprint density at radius 3 is 2.47 bits per heavy atom. The molecule has 0 heterocycles. The molecule has 1 aromatic rings. The highest BCUT2D eigenvalue weighted by atomic mass is 19.4. The van der Waals surface area contributed by atoms with Gasteiger partial charge in [-0.2, -0.15) is 13.2 Å². The topological polar surface area (TPSA) is 46.2 Å². The molecule has 0 aromatic heterocycles. The molecule has 1 aromatic carbocycles. The second kappa shape index (κ2) is 4.10. The van der Waals surface area contributed by atoms with Crippen molar-refractivity contribution < 1.29 is 18.3 Å². The molecule has 0 aliphatic heterocycles.